The lowest BCUT2D eigenvalue weighted by atomic mass is 9.66. The van der Waals surface area contributed by atoms with E-state index < -0.39 is 5.41 Å². The Morgan fingerprint density at radius 3 is 1.50 bits per heavy atom. The molecule has 1 spiro atoms. The highest BCUT2D eigenvalue weighted by molar-refractivity contribution is 5.89. The number of hydrogen-bond donors (Lipinski definition) is 0. The predicted octanol–water partition coefficient (Wildman–Crippen LogP) is 13.3. The summed E-state index contributed by atoms with van der Waals surface area (Å²) in [6.45, 7) is 0. The molecule has 0 N–H and O–H groups in total. The van der Waals surface area contributed by atoms with Gasteiger partial charge in [-0.25, -0.2) is 9.97 Å². The standard InChI is InChI=1S/C53H34N2O/c1-3-14-35(15-4-1)36-26-28-37(29-27-36)48-34-49(55-52(54-48)38-16-5-2-6-17-38)41-19-13-18-39(32-41)40-30-31-47-51(33-40)56-50-25-12-11-24-46(50)53(47)44-22-9-7-20-42(44)43-21-8-10-23-45(43)53/h1-34H. The summed E-state index contributed by atoms with van der Waals surface area (Å²) in [5, 5.41) is 0. The van der Waals surface area contributed by atoms with Gasteiger partial charge in [0.15, 0.2) is 5.82 Å². The zero-order valence-corrected chi connectivity index (χ0v) is 30.4. The second-order valence-electron chi connectivity index (χ2n) is 14.5. The summed E-state index contributed by atoms with van der Waals surface area (Å²) >= 11 is 0. The van der Waals surface area contributed by atoms with Crippen LogP contribution in [0.4, 0.5) is 0 Å². The van der Waals surface area contributed by atoms with Gasteiger partial charge in [0.25, 0.3) is 0 Å². The number of para-hydroxylation sites is 1. The maximum atomic E-state index is 6.82. The molecule has 1 aliphatic heterocycles. The summed E-state index contributed by atoms with van der Waals surface area (Å²) in [7, 11) is 0. The summed E-state index contributed by atoms with van der Waals surface area (Å²) in [5.74, 6) is 2.45. The van der Waals surface area contributed by atoms with Gasteiger partial charge < -0.3 is 4.74 Å². The maximum absolute atomic E-state index is 6.82. The number of hydrogen-bond acceptors (Lipinski definition) is 3. The van der Waals surface area contributed by atoms with Crippen molar-refractivity contribution in [3.8, 4) is 78.8 Å². The molecule has 1 aliphatic carbocycles. The Balaban J connectivity index is 1.02. The van der Waals surface area contributed by atoms with Crippen LogP contribution >= 0.6 is 0 Å². The predicted molar refractivity (Wildman–Crippen MR) is 227 cm³/mol. The highest BCUT2D eigenvalue weighted by atomic mass is 16.5. The van der Waals surface area contributed by atoms with Gasteiger partial charge in [-0.2, -0.15) is 0 Å². The van der Waals surface area contributed by atoms with E-state index in [1.165, 1.54) is 38.9 Å². The van der Waals surface area contributed by atoms with Crippen molar-refractivity contribution in [2.45, 2.75) is 5.41 Å². The summed E-state index contributed by atoms with van der Waals surface area (Å²) in [6.07, 6.45) is 0. The number of ether oxygens (including phenoxy) is 1. The van der Waals surface area contributed by atoms with E-state index in [-0.39, 0.29) is 0 Å². The highest BCUT2D eigenvalue weighted by Gasteiger charge is 2.50. The Morgan fingerprint density at radius 2 is 0.786 bits per heavy atom. The first-order chi connectivity index (χ1) is 27.7. The van der Waals surface area contributed by atoms with Crippen LogP contribution in [0.2, 0.25) is 0 Å². The highest BCUT2D eigenvalue weighted by Crippen LogP contribution is 2.62. The van der Waals surface area contributed by atoms with Gasteiger partial charge in [-0.3, -0.25) is 0 Å². The van der Waals surface area contributed by atoms with Gasteiger partial charge in [0.05, 0.1) is 16.8 Å². The minimum Gasteiger partial charge on any atom is -0.457 e. The molecule has 3 heteroatoms. The summed E-state index contributed by atoms with van der Waals surface area (Å²) in [5.41, 5.74) is 16.3. The second kappa shape index (κ2) is 12.9. The first-order valence-corrected chi connectivity index (χ1v) is 19.1. The first kappa shape index (κ1) is 32.1. The molecule has 9 aromatic rings. The minimum absolute atomic E-state index is 0.484. The minimum atomic E-state index is -0.484. The summed E-state index contributed by atoms with van der Waals surface area (Å²) < 4.78 is 6.82. The van der Waals surface area contributed by atoms with E-state index in [2.05, 4.69) is 182 Å². The van der Waals surface area contributed by atoms with Gasteiger partial charge >= 0.3 is 0 Å². The van der Waals surface area contributed by atoms with Crippen molar-refractivity contribution in [2.24, 2.45) is 0 Å². The van der Waals surface area contributed by atoms with E-state index in [1.807, 2.05) is 24.3 Å². The number of rotatable bonds is 5. The van der Waals surface area contributed by atoms with Gasteiger partial charge in [-0.1, -0.05) is 182 Å². The third-order valence-corrected chi connectivity index (χ3v) is 11.4. The molecule has 0 bridgehead atoms. The van der Waals surface area contributed by atoms with Crippen LogP contribution in [-0.2, 0) is 5.41 Å². The van der Waals surface area contributed by atoms with Crippen molar-refractivity contribution in [3.05, 3.63) is 229 Å². The van der Waals surface area contributed by atoms with Crippen LogP contribution in [0.5, 0.6) is 11.5 Å². The molecular formula is C53H34N2O. The van der Waals surface area contributed by atoms with Crippen LogP contribution in [-0.4, -0.2) is 9.97 Å². The summed E-state index contributed by atoms with van der Waals surface area (Å²) in [6, 6.07) is 73.0. The molecule has 0 fully saturated rings. The van der Waals surface area contributed by atoms with Crippen LogP contribution in [0, 0.1) is 0 Å². The Kier molecular flexibility index (Phi) is 7.39. The molecule has 262 valence electrons. The largest absolute Gasteiger partial charge is 0.457 e. The van der Waals surface area contributed by atoms with E-state index in [0.29, 0.717) is 5.82 Å². The zero-order valence-electron chi connectivity index (χ0n) is 30.4. The van der Waals surface area contributed by atoms with Crippen molar-refractivity contribution in [3.63, 3.8) is 0 Å². The van der Waals surface area contributed by atoms with Crippen molar-refractivity contribution in [1.29, 1.82) is 0 Å². The number of fused-ring (bicyclic) bond motifs is 9. The smallest absolute Gasteiger partial charge is 0.160 e. The van der Waals surface area contributed by atoms with E-state index in [1.54, 1.807) is 0 Å². The van der Waals surface area contributed by atoms with Crippen LogP contribution in [0.25, 0.3) is 67.3 Å². The average Bonchev–Trinajstić information content (AvgIpc) is 3.57. The normalized spacial score (nSPS) is 12.9. The zero-order chi connectivity index (χ0) is 37.1. The fourth-order valence-corrected chi connectivity index (χ4v) is 8.82. The molecule has 0 radical (unpaired) electrons. The van der Waals surface area contributed by atoms with Crippen LogP contribution in [0.1, 0.15) is 22.3 Å². The number of aromatic nitrogens is 2. The van der Waals surface area contributed by atoms with Gasteiger partial charge in [0.1, 0.15) is 11.5 Å². The lowest BCUT2D eigenvalue weighted by Gasteiger charge is -2.39. The molecule has 1 aromatic heterocycles. The van der Waals surface area contributed by atoms with E-state index in [0.717, 1.165) is 56.3 Å². The molecule has 2 heterocycles. The monoisotopic (exact) mass is 714 g/mol. The number of nitrogens with zero attached hydrogens (tertiary/aromatic N) is 2. The molecule has 8 aromatic carbocycles. The SMILES string of the molecule is c1ccc(-c2ccc(-c3cc(-c4cccc(-c5ccc6c(c5)Oc5ccccc5C65c6ccccc6-c6ccccc65)c4)nc(-c4ccccc4)n3)cc2)cc1. The third-order valence-electron chi connectivity index (χ3n) is 11.4. The molecule has 3 nitrogen and oxygen atoms in total. The van der Waals surface area contributed by atoms with Crippen molar-refractivity contribution >= 4 is 0 Å². The first-order valence-electron chi connectivity index (χ1n) is 19.1. The molecule has 0 unspecified atom stereocenters. The van der Waals surface area contributed by atoms with Gasteiger partial charge in [-0.05, 0) is 68.8 Å². The molecule has 0 saturated heterocycles. The lowest BCUT2D eigenvalue weighted by Crippen LogP contribution is -2.32. The molecule has 56 heavy (non-hydrogen) atoms. The molecule has 0 atom stereocenters. The molecule has 0 saturated carbocycles. The fourth-order valence-electron chi connectivity index (χ4n) is 8.82. The van der Waals surface area contributed by atoms with E-state index >= 15 is 0 Å². The van der Waals surface area contributed by atoms with Crippen LogP contribution in [0.15, 0.2) is 206 Å². The van der Waals surface area contributed by atoms with Crippen LogP contribution in [0.3, 0.4) is 0 Å². The van der Waals surface area contributed by atoms with Crippen molar-refractivity contribution < 1.29 is 4.74 Å². The quantitative estimate of drug-likeness (QED) is 0.178. The van der Waals surface area contributed by atoms with Gasteiger partial charge in [-0.15, -0.1) is 0 Å². The van der Waals surface area contributed by atoms with Crippen molar-refractivity contribution in [1.82, 2.24) is 9.97 Å². The topological polar surface area (TPSA) is 35.0 Å². The molecule has 2 aliphatic rings. The second-order valence-corrected chi connectivity index (χ2v) is 14.5. The Hall–Kier alpha value is -7.36. The third kappa shape index (κ3) is 5.05. The van der Waals surface area contributed by atoms with Crippen molar-refractivity contribution in [2.75, 3.05) is 0 Å². The molecular weight excluding hydrogens is 681 g/mol. The van der Waals surface area contributed by atoms with Gasteiger partial charge in [0, 0.05) is 27.8 Å². The molecule has 0 amide bonds. The van der Waals surface area contributed by atoms with E-state index in [4.69, 9.17) is 14.7 Å². The lowest BCUT2D eigenvalue weighted by molar-refractivity contribution is 0.436. The Labute approximate surface area is 326 Å². The van der Waals surface area contributed by atoms with E-state index in [9.17, 15) is 0 Å². The average molecular weight is 715 g/mol. The Bertz CT molecular complexity index is 2890. The van der Waals surface area contributed by atoms with Gasteiger partial charge in [0.2, 0.25) is 0 Å². The Morgan fingerprint density at radius 1 is 0.304 bits per heavy atom. The maximum Gasteiger partial charge on any atom is 0.160 e. The number of benzene rings is 8. The summed E-state index contributed by atoms with van der Waals surface area (Å²) in [4.78, 5) is 10.2. The van der Waals surface area contributed by atoms with Crippen LogP contribution < -0.4 is 4.74 Å². The fraction of sp³-hybridized carbons (Fsp3) is 0.0189. The molecule has 11 rings (SSSR count).